The molecule has 6 rings (SSSR count). The number of para-hydroxylation sites is 1. The summed E-state index contributed by atoms with van der Waals surface area (Å²) < 4.78 is 27.3. The summed E-state index contributed by atoms with van der Waals surface area (Å²) in [4.78, 5) is 16.6. The first-order chi connectivity index (χ1) is 19.4. The van der Waals surface area contributed by atoms with Crippen LogP contribution in [0.15, 0.2) is 89.3 Å². The summed E-state index contributed by atoms with van der Waals surface area (Å²) in [6.45, 7) is 0. The Morgan fingerprint density at radius 3 is 2.42 bits per heavy atom. The molecule has 8 heteroatoms. The number of carbonyl (C=O) groups excluding carboxylic acids is 1. The molecule has 6 nitrogen and oxygen atoms in total. The van der Waals surface area contributed by atoms with E-state index in [-0.39, 0.29) is 11.7 Å². The predicted molar refractivity (Wildman–Crippen MR) is 162 cm³/mol. The number of H-pyrrole nitrogens is 1. The van der Waals surface area contributed by atoms with E-state index in [4.69, 9.17) is 9.15 Å². The van der Waals surface area contributed by atoms with Crippen LogP contribution in [0.4, 0.5) is 10.1 Å². The van der Waals surface area contributed by atoms with Crippen LogP contribution in [0.3, 0.4) is 0 Å². The van der Waals surface area contributed by atoms with Crippen LogP contribution in [0.5, 0.6) is 5.75 Å². The van der Waals surface area contributed by atoms with Crippen LogP contribution in [-0.2, 0) is 0 Å². The van der Waals surface area contributed by atoms with E-state index in [0.29, 0.717) is 27.9 Å². The summed E-state index contributed by atoms with van der Waals surface area (Å²) in [6.07, 6.45) is 0. The predicted octanol–water partition coefficient (Wildman–Crippen LogP) is 7.70. The molecule has 0 unspecified atom stereocenters. The number of aromatic amines is 1. The molecule has 0 saturated heterocycles. The van der Waals surface area contributed by atoms with Gasteiger partial charge in [-0.1, -0.05) is 37.1 Å². The second-order valence-electron chi connectivity index (χ2n) is 9.47. The lowest BCUT2D eigenvalue weighted by Gasteiger charge is -2.18. The fourth-order valence-electron chi connectivity index (χ4n) is 5.09. The van der Waals surface area contributed by atoms with Gasteiger partial charge in [-0.3, -0.25) is 4.79 Å². The van der Waals surface area contributed by atoms with Crippen molar-refractivity contribution in [2.24, 2.45) is 0 Å². The number of methoxy groups -OCH3 is 1. The maximum atomic E-state index is 13.6. The van der Waals surface area contributed by atoms with Crippen LogP contribution in [-0.4, -0.2) is 32.1 Å². The Bertz CT molecular complexity index is 1860. The standard InChI is InChI=1S/C32H26FN3O3S/c1-34-32(37)30-24-16-22(27(36(2)40)17-29(24)39-31(30)18-8-11-21(33)12-9-18)19-10-13-28(38-3)23(14-19)26-15-20-6-4-5-7-25(20)35-26/h4-17,35,40H,1-3H3,(H,34,37). The van der Waals surface area contributed by atoms with Gasteiger partial charge in [0, 0.05) is 53.1 Å². The number of benzene rings is 4. The van der Waals surface area contributed by atoms with Gasteiger partial charge >= 0.3 is 0 Å². The third kappa shape index (κ3) is 4.36. The topological polar surface area (TPSA) is 70.5 Å². The van der Waals surface area contributed by atoms with Crippen molar-refractivity contribution in [2.75, 3.05) is 25.5 Å². The highest BCUT2D eigenvalue weighted by Crippen LogP contribution is 2.43. The highest BCUT2D eigenvalue weighted by Gasteiger charge is 2.24. The van der Waals surface area contributed by atoms with E-state index < -0.39 is 0 Å². The van der Waals surface area contributed by atoms with Crippen molar-refractivity contribution in [1.29, 1.82) is 0 Å². The molecule has 0 aliphatic rings. The molecule has 0 spiro atoms. The van der Waals surface area contributed by atoms with Gasteiger partial charge in [-0.15, -0.1) is 0 Å². The van der Waals surface area contributed by atoms with Crippen LogP contribution < -0.4 is 14.4 Å². The number of hydrogen-bond donors (Lipinski definition) is 3. The molecule has 1 amide bonds. The average molecular weight is 552 g/mol. The number of fused-ring (bicyclic) bond motifs is 2. The van der Waals surface area contributed by atoms with Crippen molar-refractivity contribution in [1.82, 2.24) is 10.3 Å². The van der Waals surface area contributed by atoms with Gasteiger partial charge < -0.3 is 23.8 Å². The zero-order valence-electron chi connectivity index (χ0n) is 22.1. The van der Waals surface area contributed by atoms with E-state index in [1.165, 1.54) is 12.1 Å². The number of hydrogen-bond acceptors (Lipinski definition) is 5. The zero-order valence-corrected chi connectivity index (χ0v) is 23.0. The number of halogens is 1. The Morgan fingerprint density at radius 1 is 0.975 bits per heavy atom. The smallest absolute Gasteiger partial charge is 0.255 e. The van der Waals surface area contributed by atoms with Crippen LogP contribution in [0, 0.1) is 5.82 Å². The van der Waals surface area contributed by atoms with Gasteiger partial charge in [-0.25, -0.2) is 4.39 Å². The zero-order chi connectivity index (χ0) is 28.0. The number of nitrogens with one attached hydrogen (secondary N) is 2. The number of furan rings is 1. The first kappa shape index (κ1) is 25.6. The SMILES string of the molecule is CNC(=O)c1c(-c2ccc(F)cc2)oc2cc(N(C)S)c(-c3ccc(OC)c(-c4cc5ccccc5[nH]4)c3)cc12. The van der Waals surface area contributed by atoms with Crippen LogP contribution >= 0.6 is 12.8 Å². The van der Waals surface area contributed by atoms with Gasteiger partial charge in [-0.2, -0.15) is 0 Å². The molecule has 6 aromatic rings. The highest BCUT2D eigenvalue weighted by atomic mass is 32.1. The Morgan fingerprint density at radius 2 is 1.73 bits per heavy atom. The molecule has 4 aromatic carbocycles. The van der Waals surface area contributed by atoms with Gasteiger partial charge in [0.05, 0.1) is 24.1 Å². The van der Waals surface area contributed by atoms with Crippen LogP contribution in [0.1, 0.15) is 10.4 Å². The fraction of sp³-hybridized carbons (Fsp3) is 0.0938. The maximum Gasteiger partial charge on any atom is 0.255 e. The summed E-state index contributed by atoms with van der Waals surface area (Å²) in [5, 5.41) is 4.45. The number of nitrogens with zero attached hydrogens (tertiary/aromatic N) is 1. The van der Waals surface area contributed by atoms with E-state index in [2.05, 4.69) is 41.3 Å². The molecule has 0 aliphatic carbocycles. The summed E-state index contributed by atoms with van der Waals surface area (Å²) in [7, 11) is 5.06. The summed E-state index contributed by atoms with van der Waals surface area (Å²) in [5.74, 6) is 0.426. The lowest BCUT2D eigenvalue weighted by molar-refractivity contribution is 0.0964. The maximum absolute atomic E-state index is 13.6. The molecule has 0 bridgehead atoms. The molecule has 0 aliphatic heterocycles. The van der Waals surface area contributed by atoms with Crippen molar-refractivity contribution in [3.63, 3.8) is 0 Å². The number of thiol groups is 1. The van der Waals surface area contributed by atoms with Gasteiger partial charge in [0.15, 0.2) is 0 Å². The molecule has 0 saturated carbocycles. The van der Waals surface area contributed by atoms with E-state index in [9.17, 15) is 9.18 Å². The summed E-state index contributed by atoms with van der Waals surface area (Å²) in [6, 6.07) is 25.9. The quantitative estimate of drug-likeness (QED) is 0.186. The Labute approximate surface area is 235 Å². The van der Waals surface area contributed by atoms with Crippen LogP contribution in [0.2, 0.25) is 0 Å². The van der Waals surface area contributed by atoms with Crippen molar-refractivity contribution in [3.05, 3.63) is 96.3 Å². The molecular weight excluding hydrogens is 525 g/mol. The van der Waals surface area contributed by atoms with Crippen molar-refractivity contribution < 1.29 is 18.3 Å². The molecule has 200 valence electrons. The largest absolute Gasteiger partial charge is 0.496 e. The molecule has 2 N–H and O–H groups in total. The lowest BCUT2D eigenvalue weighted by Crippen LogP contribution is -2.18. The second kappa shape index (κ2) is 10.1. The molecule has 40 heavy (non-hydrogen) atoms. The third-order valence-electron chi connectivity index (χ3n) is 7.05. The van der Waals surface area contributed by atoms with Crippen LogP contribution in [0.25, 0.3) is 55.6 Å². The molecule has 0 atom stereocenters. The minimum Gasteiger partial charge on any atom is -0.496 e. The minimum atomic E-state index is -0.368. The van der Waals surface area contributed by atoms with Gasteiger partial charge in [0.1, 0.15) is 22.9 Å². The molecule has 2 aromatic heterocycles. The fourth-order valence-corrected chi connectivity index (χ4v) is 5.26. The van der Waals surface area contributed by atoms with E-state index >= 15 is 0 Å². The first-order valence-corrected chi connectivity index (χ1v) is 13.1. The number of carbonyl (C=O) groups is 1. The Hall–Kier alpha value is -4.69. The number of ether oxygens (including phenoxy) is 1. The molecule has 0 radical (unpaired) electrons. The van der Waals surface area contributed by atoms with Crippen molar-refractivity contribution in [2.45, 2.75) is 0 Å². The first-order valence-electron chi connectivity index (χ1n) is 12.7. The number of aromatic nitrogens is 1. The number of amides is 1. The monoisotopic (exact) mass is 551 g/mol. The molecule has 2 heterocycles. The van der Waals surface area contributed by atoms with Gasteiger partial charge in [-0.05, 0) is 60.2 Å². The second-order valence-corrected chi connectivity index (χ2v) is 10.1. The normalized spacial score (nSPS) is 11.2. The lowest BCUT2D eigenvalue weighted by atomic mass is 9.96. The highest BCUT2D eigenvalue weighted by molar-refractivity contribution is 7.81. The third-order valence-corrected chi connectivity index (χ3v) is 7.26. The summed E-state index contributed by atoms with van der Waals surface area (Å²) >= 11 is 4.61. The van der Waals surface area contributed by atoms with Gasteiger partial charge in [0.2, 0.25) is 0 Å². The van der Waals surface area contributed by atoms with E-state index in [0.717, 1.165) is 44.7 Å². The van der Waals surface area contributed by atoms with Gasteiger partial charge in [0.25, 0.3) is 5.91 Å². The Balaban J connectivity index is 1.59. The van der Waals surface area contributed by atoms with Crippen molar-refractivity contribution >= 4 is 46.3 Å². The van der Waals surface area contributed by atoms with E-state index in [1.54, 1.807) is 30.6 Å². The molecule has 0 fully saturated rings. The average Bonchev–Trinajstić information content (AvgIpc) is 3.57. The van der Waals surface area contributed by atoms with Crippen molar-refractivity contribution in [3.8, 4) is 39.5 Å². The minimum absolute atomic E-state index is 0.301. The number of rotatable bonds is 6. The summed E-state index contributed by atoms with van der Waals surface area (Å²) in [5.41, 5.74) is 6.88. The Kier molecular flexibility index (Phi) is 6.48. The molecular formula is C32H26FN3O3S. The van der Waals surface area contributed by atoms with E-state index in [1.807, 2.05) is 49.5 Å². The number of anilines is 1.